The molecule has 1 aromatic heterocycles. The fourth-order valence-corrected chi connectivity index (χ4v) is 1.46. The first kappa shape index (κ1) is 8.74. The van der Waals surface area contributed by atoms with Crippen LogP contribution in [0, 0.1) is 0 Å². The molecule has 72 valence electrons. The molecule has 0 atom stereocenters. The average molecular weight is 189 g/mol. The molecule has 0 saturated heterocycles. The minimum atomic E-state index is -0.203. The third-order valence-electron chi connectivity index (χ3n) is 2.18. The summed E-state index contributed by atoms with van der Waals surface area (Å²) in [5, 5.41) is 6.07. The van der Waals surface area contributed by atoms with E-state index in [0.717, 1.165) is 17.7 Å². The Morgan fingerprint density at radius 2 is 2.21 bits per heavy atom. The van der Waals surface area contributed by atoms with Crippen molar-refractivity contribution in [2.45, 2.75) is 13.3 Å². The summed E-state index contributed by atoms with van der Waals surface area (Å²) in [5.41, 5.74) is 1.83. The van der Waals surface area contributed by atoms with Crippen LogP contribution in [0.25, 0.3) is 5.69 Å². The van der Waals surface area contributed by atoms with Crippen LogP contribution in [0.2, 0.25) is 0 Å². The van der Waals surface area contributed by atoms with E-state index in [0.29, 0.717) is 0 Å². The standard InChI is InChI=1S/C10H11N3O/c1-2-8-5-3-4-6-9(8)13-7-11-12-10(13)14/h3-7H,2H2,1H3,(H,12,14). The first-order valence-corrected chi connectivity index (χ1v) is 4.53. The zero-order valence-corrected chi connectivity index (χ0v) is 7.90. The molecule has 0 bridgehead atoms. The summed E-state index contributed by atoms with van der Waals surface area (Å²) in [6.45, 7) is 2.06. The van der Waals surface area contributed by atoms with Gasteiger partial charge in [-0.15, -0.1) is 0 Å². The molecular weight excluding hydrogens is 178 g/mol. The van der Waals surface area contributed by atoms with E-state index in [2.05, 4.69) is 17.1 Å². The number of aromatic nitrogens is 3. The van der Waals surface area contributed by atoms with Gasteiger partial charge in [0, 0.05) is 0 Å². The van der Waals surface area contributed by atoms with Crippen molar-refractivity contribution in [1.29, 1.82) is 0 Å². The Kier molecular flexibility index (Phi) is 2.18. The number of nitrogens with zero attached hydrogens (tertiary/aromatic N) is 2. The number of hydrogen-bond acceptors (Lipinski definition) is 2. The Bertz CT molecular complexity index is 484. The lowest BCUT2D eigenvalue weighted by atomic mass is 10.1. The fourth-order valence-electron chi connectivity index (χ4n) is 1.46. The molecule has 1 heterocycles. The van der Waals surface area contributed by atoms with Crippen LogP contribution < -0.4 is 5.69 Å². The Morgan fingerprint density at radius 1 is 1.43 bits per heavy atom. The van der Waals surface area contributed by atoms with E-state index < -0.39 is 0 Å². The van der Waals surface area contributed by atoms with E-state index in [-0.39, 0.29) is 5.69 Å². The third-order valence-corrected chi connectivity index (χ3v) is 2.18. The molecule has 1 aromatic carbocycles. The summed E-state index contributed by atoms with van der Waals surface area (Å²) in [7, 11) is 0. The first-order chi connectivity index (χ1) is 6.83. The Hall–Kier alpha value is -1.84. The molecule has 0 fully saturated rings. The largest absolute Gasteiger partial charge is 0.347 e. The number of aryl methyl sites for hydroxylation is 1. The number of aromatic amines is 1. The quantitative estimate of drug-likeness (QED) is 0.769. The lowest BCUT2D eigenvalue weighted by Crippen LogP contribution is -2.15. The Morgan fingerprint density at radius 3 is 2.86 bits per heavy atom. The van der Waals surface area contributed by atoms with E-state index in [1.807, 2.05) is 24.3 Å². The maximum Gasteiger partial charge on any atom is 0.347 e. The van der Waals surface area contributed by atoms with Crippen LogP contribution in [-0.4, -0.2) is 14.8 Å². The smallest absolute Gasteiger partial charge is 0.250 e. The lowest BCUT2D eigenvalue weighted by molar-refractivity contribution is 0.954. The van der Waals surface area contributed by atoms with Gasteiger partial charge in [-0.25, -0.2) is 14.5 Å². The van der Waals surface area contributed by atoms with Gasteiger partial charge in [0.2, 0.25) is 0 Å². The minimum absolute atomic E-state index is 0.203. The summed E-state index contributed by atoms with van der Waals surface area (Å²) in [6.07, 6.45) is 2.39. The molecule has 0 aliphatic carbocycles. The number of nitrogens with one attached hydrogen (secondary N) is 1. The van der Waals surface area contributed by atoms with Gasteiger partial charge in [0.05, 0.1) is 5.69 Å². The number of hydrogen-bond donors (Lipinski definition) is 1. The summed E-state index contributed by atoms with van der Waals surface area (Å²) >= 11 is 0. The van der Waals surface area contributed by atoms with Gasteiger partial charge in [-0.3, -0.25) is 0 Å². The molecule has 4 nitrogen and oxygen atoms in total. The fraction of sp³-hybridized carbons (Fsp3) is 0.200. The van der Waals surface area contributed by atoms with Crippen LogP contribution in [0.5, 0.6) is 0 Å². The maximum absolute atomic E-state index is 11.3. The number of H-pyrrole nitrogens is 1. The van der Waals surface area contributed by atoms with Crippen molar-refractivity contribution in [3.8, 4) is 5.69 Å². The van der Waals surface area contributed by atoms with Crippen LogP contribution in [0.1, 0.15) is 12.5 Å². The van der Waals surface area contributed by atoms with Crippen LogP contribution >= 0.6 is 0 Å². The van der Waals surface area contributed by atoms with E-state index in [1.165, 1.54) is 10.9 Å². The molecule has 1 N–H and O–H groups in total. The van der Waals surface area contributed by atoms with Gasteiger partial charge >= 0.3 is 5.69 Å². The molecule has 2 aromatic rings. The highest BCUT2D eigenvalue weighted by Gasteiger charge is 2.04. The first-order valence-electron chi connectivity index (χ1n) is 4.53. The zero-order chi connectivity index (χ0) is 9.97. The number of para-hydroxylation sites is 1. The van der Waals surface area contributed by atoms with Crippen molar-refractivity contribution in [1.82, 2.24) is 14.8 Å². The second-order valence-corrected chi connectivity index (χ2v) is 3.01. The van der Waals surface area contributed by atoms with Gasteiger partial charge in [-0.05, 0) is 18.1 Å². The lowest BCUT2D eigenvalue weighted by Gasteiger charge is -2.05. The molecule has 2 rings (SSSR count). The molecule has 0 radical (unpaired) electrons. The summed E-state index contributed by atoms with van der Waals surface area (Å²) in [4.78, 5) is 11.3. The van der Waals surface area contributed by atoms with E-state index in [1.54, 1.807) is 0 Å². The van der Waals surface area contributed by atoms with E-state index >= 15 is 0 Å². The van der Waals surface area contributed by atoms with Crippen LogP contribution in [0.4, 0.5) is 0 Å². The van der Waals surface area contributed by atoms with E-state index in [9.17, 15) is 4.79 Å². The van der Waals surface area contributed by atoms with Gasteiger partial charge in [-0.1, -0.05) is 25.1 Å². The molecule has 0 unspecified atom stereocenters. The monoisotopic (exact) mass is 189 g/mol. The Labute approximate surface area is 81.2 Å². The highest BCUT2D eigenvalue weighted by molar-refractivity contribution is 5.40. The van der Waals surface area contributed by atoms with Gasteiger partial charge < -0.3 is 0 Å². The number of benzene rings is 1. The second-order valence-electron chi connectivity index (χ2n) is 3.01. The molecule has 0 aliphatic heterocycles. The summed E-state index contributed by atoms with van der Waals surface area (Å²) < 4.78 is 1.51. The molecule has 0 amide bonds. The molecule has 0 aliphatic rings. The molecule has 14 heavy (non-hydrogen) atoms. The predicted molar refractivity (Wildman–Crippen MR) is 53.6 cm³/mol. The maximum atomic E-state index is 11.3. The average Bonchev–Trinajstić information content (AvgIpc) is 2.64. The normalized spacial score (nSPS) is 10.4. The zero-order valence-electron chi connectivity index (χ0n) is 7.90. The molecule has 4 heteroatoms. The van der Waals surface area contributed by atoms with Gasteiger partial charge in [0.15, 0.2) is 0 Å². The van der Waals surface area contributed by atoms with Crippen LogP contribution in [0.15, 0.2) is 35.4 Å². The van der Waals surface area contributed by atoms with Crippen molar-refractivity contribution in [3.05, 3.63) is 46.6 Å². The van der Waals surface area contributed by atoms with Gasteiger partial charge in [0.1, 0.15) is 6.33 Å². The highest BCUT2D eigenvalue weighted by Crippen LogP contribution is 2.11. The molecular formula is C10H11N3O. The molecule has 0 spiro atoms. The van der Waals surface area contributed by atoms with Crippen molar-refractivity contribution >= 4 is 0 Å². The van der Waals surface area contributed by atoms with Crippen molar-refractivity contribution < 1.29 is 0 Å². The van der Waals surface area contributed by atoms with Crippen molar-refractivity contribution in [3.63, 3.8) is 0 Å². The second kappa shape index (κ2) is 3.49. The predicted octanol–water partition coefficient (Wildman–Crippen LogP) is 1.12. The van der Waals surface area contributed by atoms with Crippen molar-refractivity contribution in [2.75, 3.05) is 0 Å². The van der Waals surface area contributed by atoms with E-state index in [4.69, 9.17) is 0 Å². The minimum Gasteiger partial charge on any atom is -0.250 e. The topological polar surface area (TPSA) is 50.7 Å². The highest BCUT2D eigenvalue weighted by atomic mass is 16.1. The van der Waals surface area contributed by atoms with Gasteiger partial charge in [0.25, 0.3) is 0 Å². The SMILES string of the molecule is CCc1ccccc1-n1cn[nH]c1=O. The van der Waals surface area contributed by atoms with Gasteiger partial charge in [-0.2, -0.15) is 5.10 Å². The van der Waals surface area contributed by atoms with Crippen molar-refractivity contribution in [2.24, 2.45) is 0 Å². The summed E-state index contributed by atoms with van der Waals surface area (Å²) in [5.74, 6) is 0. The summed E-state index contributed by atoms with van der Waals surface area (Å²) in [6, 6.07) is 7.80. The number of rotatable bonds is 2. The van der Waals surface area contributed by atoms with Crippen LogP contribution in [-0.2, 0) is 6.42 Å². The van der Waals surface area contributed by atoms with Crippen LogP contribution in [0.3, 0.4) is 0 Å². The Balaban J connectivity index is 2.62. The molecule has 0 saturated carbocycles. The third kappa shape index (κ3) is 1.35.